The fourth-order valence-corrected chi connectivity index (χ4v) is 3.12. The van der Waals surface area contributed by atoms with Crippen molar-refractivity contribution in [3.8, 4) is 5.75 Å². The van der Waals surface area contributed by atoms with Crippen molar-refractivity contribution in [2.45, 2.75) is 39.2 Å². The van der Waals surface area contributed by atoms with Crippen LogP contribution >= 0.6 is 0 Å². The van der Waals surface area contributed by atoms with Crippen LogP contribution in [0.15, 0.2) is 29.3 Å². The van der Waals surface area contributed by atoms with Gasteiger partial charge in [0, 0.05) is 6.04 Å². The summed E-state index contributed by atoms with van der Waals surface area (Å²) in [6.07, 6.45) is 3.76. The summed E-state index contributed by atoms with van der Waals surface area (Å²) in [6, 6.07) is 8.21. The zero-order chi connectivity index (χ0) is 16.7. The molecule has 0 saturated carbocycles. The van der Waals surface area contributed by atoms with Gasteiger partial charge in [-0.15, -0.1) is 0 Å². The number of guanidine groups is 1. The van der Waals surface area contributed by atoms with Crippen molar-refractivity contribution >= 4 is 11.6 Å². The van der Waals surface area contributed by atoms with Crippen molar-refractivity contribution in [2.75, 3.05) is 32.1 Å². The lowest BCUT2D eigenvalue weighted by Gasteiger charge is -2.27. The molecule has 1 unspecified atom stereocenters. The first-order chi connectivity index (χ1) is 11.1. The van der Waals surface area contributed by atoms with Crippen molar-refractivity contribution in [1.82, 2.24) is 4.90 Å². The molecule has 0 spiro atoms. The van der Waals surface area contributed by atoms with Crippen LogP contribution in [-0.2, 0) is 0 Å². The van der Waals surface area contributed by atoms with Gasteiger partial charge in [0.1, 0.15) is 5.75 Å². The van der Waals surface area contributed by atoms with Crippen LogP contribution in [0.4, 0.5) is 5.69 Å². The van der Waals surface area contributed by atoms with Crippen molar-refractivity contribution in [2.24, 2.45) is 16.6 Å². The first kappa shape index (κ1) is 17.6. The molecule has 1 atom stereocenters. The second-order valence-electron chi connectivity index (χ2n) is 6.58. The van der Waals surface area contributed by atoms with E-state index in [4.69, 9.17) is 10.5 Å². The number of rotatable bonds is 7. The van der Waals surface area contributed by atoms with Gasteiger partial charge in [-0.05, 0) is 50.4 Å². The molecule has 1 aromatic rings. The van der Waals surface area contributed by atoms with E-state index in [2.05, 4.69) is 29.1 Å². The third-order valence-corrected chi connectivity index (χ3v) is 4.24. The molecule has 0 aliphatic carbocycles. The first-order valence-corrected chi connectivity index (χ1v) is 8.54. The van der Waals surface area contributed by atoms with Crippen LogP contribution in [0, 0.1) is 5.92 Å². The minimum Gasteiger partial charge on any atom is -0.495 e. The van der Waals surface area contributed by atoms with Crippen molar-refractivity contribution in [3.63, 3.8) is 0 Å². The van der Waals surface area contributed by atoms with E-state index in [9.17, 15) is 0 Å². The zero-order valence-corrected chi connectivity index (χ0v) is 14.6. The molecule has 5 nitrogen and oxygen atoms in total. The van der Waals surface area contributed by atoms with Gasteiger partial charge >= 0.3 is 0 Å². The fraction of sp³-hybridized carbons (Fsp3) is 0.611. The molecule has 2 rings (SSSR count). The Hall–Kier alpha value is -1.75. The van der Waals surface area contributed by atoms with Crippen molar-refractivity contribution in [3.05, 3.63) is 24.3 Å². The molecule has 0 radical (unpaired) electrons. The lowest BCUT2D eigenvalue weighted by molar-refractivity contribution is 0.218. The van der Waals surface area contributed by atoms with E-state index >= 15 is 0 Å². The molecule has 1 fully saturated rings. The first-order valence-electron chi connectivity index (χ1n) is 8.54. The highest BCUT2D eigenvalue weighted by Gasteiger charge is 2.22. The van der Waals surface area contributed by atoms with Crippen molar-refractivity contribution in [1.29, 1.82) is 0 Å². The maximum atomic E-state index is 6.07. The Morgan fingerprint density at radius 2 is 2.00 bits per heavy atom. The second-order valence-corrected chi connectivity index (χ2v) is 6.58. The fourth-order valence-electron chi connectivity index (χ4n) is 3.12. The molecule has 1 aromatic carbocycles. The molecule has 1 aliphatic rings. The average Bonchev–Trinajstić information content (AvgIpc) is 3.06. The highest BCUT2D eigenvalue weighted by Crippen LogP contribution is 2.23. The minimum atomic E-state index is 0.447. The van der Waals surface area contributed by atoms with Gasteiger partial charge in [-0.1, -0.05) is 26.0 Å². The number of nitrogens with two attached hydrogens (primary N) is 1. The van der Waals surface area contributed by atoms with E-state index in [1.807, 2.05) is 24.3 Å². The van der Waals surface area contributed by atoms with E-state index in [-0.39, 0.29) is 0 Å². The number of para-hydroxylation sites is 2. The lowest BCUT2D eigenvalue weighted by Crippen LogP contribution is -2.37. The number of ether oxygens (including phenoxy) is 1. The minimum absolute atomic E-state index is 0.447. The SMILES string of the molecule is COc1ccccc1NC(N)=NCC(CC(C)C)N1CCCC1. The Morgan fingerprint density at radius 3 is 2.65 bits per heavy atom. The zero-order valence-electron chi connectivity index (χ0n) is 14.6. The number of methoxy groups -OCH3 is 1. The number of benzene rings is 1. The van der Waals surface area contributed by atoms with Gasteiger partial charge in [0.2, 0.25) is 0 Å². The molecular formula is C18H30N4O. The summed E-state index contributed by atoms with van der Waals surface area (Å²) >= 11 is 0. The number of nitrogens with one attached hydrogen (secondary N) is 1. The third kappa shape index (κ3) is 5.43. The molecule has 1 heterocycles. The van der Waals surface area contributed by atoms with Gasteiger partial charge < -0.3 is 15.8 Å². The Bertz CT molecular complexity index is 509. The van der Waals surface area contributed by atoms with Crippen LogP contribution in [-0.4, -0.2) is 43.6 Å². The Kier molecular flexibility index (Phi) is 6.71. The molecule has 0 amide bonds. The van der Waals surface area contributed by atoms with Crippen molar-refractivity contribution < 1.29 is 4.74 Å². The Morgan fingerprint density at radius 1 is 1.30 bits per heavy atom. The summed E-state index contributed by atoms with van der Waals surface area (Å²) in [5.41, 5.74) is 6.92. The smallest absolute Gasteiger partial charge is 0.193 e. The topological polar surface area (TPSA) is 62.9 Å². The monoisotopic (exact) mass is 318 g/mol. The maximum Gasteiger partial charge on any atom is 0.193 e. The number of aliphatic imine (C=N–C) groups is 1. The number of hydrogen-bond donors (Lipinski definition) is 2. The molecule has 128 valence electrons. The summed E-state index contributed by atoms with van der Waals surface area (Å²) in [4.78, 5) is 7.13. The largest absolute Gasteiger partial charge is 0.495 e. The molecule has 0 bridgehead atoms. The molecule has 23 heavy (non-hydrogen) atoms. The van der Waals surface area contributed by atoms with Gasteiger partial charge in [-0.2, -0.15) is 0 Å². The van der Waals surface area contributed by atoms with Crippen LogP contribution in [0.3, 0.4) is 0 Å². The van der Waals surface area contributed by atoms with E-state index in [0.29, 0.717) is 17.9 Å². The summed E-state index contributed by atoms with van der Waals surface area (Å²) in [5, 5.41) is 3.14. The third-order valence-electron chi connectivity index (χ3n) is 4.24. The van der Waals surface area contributed by atoms with Crippen LogP contribution in [0.5, 0.6) is 5.75 Å². The molecule has 5 heteroatoms. The van der Waals surface area contributed by atoms with E-state index in [0.717, 1.165) is 24.4 Å². The normalized spacial score (nSPS) is 17.5. The van der Waals surface area contributed by atoms with Crippen LogP contribution in [0.1, 0.15) is 33.1 Å². The predicted molar refractivity (Wildman–Crippen MR) is 97.2 cm³/mol. The summed E-state index contributed by atoms with van der Waals surface area (Å²) in [7, 11) is 1.65. The summed E-state index contributed by atoms with van der Waals surface area (Å²) < 4.78 is 5.32. The quantitative estimate of drug-likeness (QED) is 0.599. The number of nitrogens with zero attached hydrogens (tertiary/aromatic N) is 2. The molecule has 1 aliphatic heterocycles. The van der Waals surface area contributed by atoms with Gasteiger partial charge in [0.15, 0.2) is 5.96 Å². The Balaban J connectivity index is 1.97. The highest BCUT2D eigenvalue weighted by molar-refractivity contribution is 5.93. The average molecular weight is 318 g/mol. The van der Waals surface area contributed by atoms with Crippen LogP contribution in [0.2, 0.25) is 0 Å². The lowest BCUT2D eigenvalue weighted by atomic mass is 10.0. The predicted octanol–water partition coefficient (Wildman–Crippen LogP) is 2.93. The molecular weight excluding hydrogens is 288 g/mol. The van der Waals surface area contributed by atoms with Crippen LogP contribution in [0.25, 0.3) is 0 Å². The van der Waals surface area contributed by atoms with E-state index < -0.39 is 0 Å². The van der Waals surface area contributed by atoms with Gasteiger partial charge in [0.05, 0.1) is 19.3 Å². The van der Waals surface area contributed by atoms with E-state index in [1.54, 1.807) is 7.11 Å². The van der Waals surface area contributed by atoms with E-state index in [1.165, 1.54) is 25.9 Å². The number of likely N-dealkylation sites (tertiary alicyclic amines) is 1. The van der Waals surface area contributed by atoms with Gasteiger partial charge in [-0.25, -0.2) is 0 Å². The molecule has 0 aromatic heterocycles. The number of hydrogen-bond acceptors (Lipinski definition) is 3. The van der Waals surface area contributed by atoms with Crippen LogP contribution < -0.4 is 15.8 Å². The van der Waals surface area contributed by atoms with Gasteiger partial charge in [0.25, 0.3) is 0 Å². The molecule has 3 N–H and O–H groups in total. The number of anilines is 1. The second kappa shape index (κ2) is 8.77. The van der Waals surface area contributed by atoms with Gasteiger partial charge in [-0.3, -0.25) is 9.89 Å². The standard InChI is InChI=1S/C18H30N4O/c1-14(2)12-15(22-10-6-7-11-22)13-20-18(19)21-16-8-4-5-9-17(16)23-3/h4-5,8-9,14-15H,6-7,10-13H2,1-3H3,(H3,19,20,21). The summed E-state index contributed by atoms with van der Waals surface area (Å²) in [6.45, 7) is 7.65. The molecule has 1 saturated heterocycles. The maximum absolute atomic E-state index is 6.07. The summed E-state index contributed by atoms with van der Waals surface area (Å²) in [5.74, 6) is 1.88. The highest BCUT2D eigenvalue weighted by atomic mass is 16.5. The Labute approximate surface area is 139 Å².